The molecule has 2 aromatic carbocycles. The first-order valence-electron chi connectivity index (χ1n) is 14.8. The number of aliphatic hydroxyl groups is 3. The van der Waals surface area contributed by atoms with Gasteiger partial charge in [-0.15, -0.1) is 0 Å². The summed E-state index contributed by atoms with van der Waals surface area (Å²) in [6.07, 6.45) is 0.648. The van der Waals surface area contributed by atoms with E-state index < -0.39 is 29.8 Å². The summed E-state index contributed by atoms with van der Waals surface area (Å²) in [7, 11) is 0. The molecule has 3 unspecified atom stereocenters. The van der Waals surface area contributed by atoms with E-state index in [2.05, 4.69) is 37.9 Å². The van der Waals surface area contributed by atoms with Gasteiger partial charge in [-0.05, 0) is 73.1 Å². The average Bonchev–Trinajstić information content (AvgIpc) is 3.32. The van der Waals surface area contributed by atoms with Gasteiger partial charge in [-0.1, -0.05) is 75.1 Å². The van der Waals surface area contributed by atoms with Gasteiger partial charge >= 0.3 is 0 Å². The first kappa shape index (κ1) is 29.8. The predicted molar refractivity (Wildman–Crippen MR) is 157 cm³/mol. The topological polar surface area (TPSA) is 102 Å². The van der Waals surface area contributed by atoms with Crippen LogP contribution in [0.25, 0.3) is 0 Å². The molecule has 41 heavy (non-hydrogen) atoms. The molecule has 4 aliphatic rings. The zero-order valence-corrected chi connectivity index (χ0v) is 24.7. The van der Waals surface area contributed by atoms with Crippen LogP contribution in [0.2, 0.25) is 0 Å². The van der Waals surface area contributed by atoms with Crippen molar-refractivity contribution in [1.82, 2.24) is 10.4 Å². The lowest BCUT2D eigenvalue weighted by Crippen LogP contribution is -2.62. The fourth-order valence-corrected chi connectivity index (χ4v) is 7.44. The average molecular weight is 561 g/mol. The van der Waals surface area contributed by atoms with Crippen LogP contribution in [-0.2, 0) is 21.8 Å². The van der Waals surface area contributed by atoms with Crippen LogP contribution >= 0.6 is 0 Å². The first-order valence-corrected chi connectivity index (χ1v) is 14.8. The zero-order valence-electron chi connectivity index (χ0n) is 24.7. The highest BCUT2D eigenvalue weighted by Gasteiger charge is 2.57. The number of fused-ring (bicyclic) bond motifs is 2. The second-order valence-corrected chi connectivity index (χ2v) is 13.1. The van der Waals surface area contributed by atoms with Crippen LogP contribution in [0.1, 0.15) is 64.2 Å². The summed E-state index contributed by atoms with van der Waals surface area (Å²) < 4.78 is 0. The van der Waals surface area contributed by atoms with Gasteiger partial charge in [0.25, 0.3) is 0 Å². The van der Waals surface area contributed by atoms with Gasteiger partial charge < -0.3 is 20.6 Å². The minimum atomic E-state index is -1.30. The number of nitrogens with one attached hydrogen (secondary N) is 1. The molecule has 4 N–H and O–H groups in total. The molecule has 0 aromatic heterocycles. The molecule has 0 radical (unpaired) electrons. The number of hydrogen-bond acceptors (Lipinski definition) is 6. The van der Waals surface area contributed by atoms with Crippen molar-refractivity contribution < 1.29 is 25.0 Å². The molecular weight excluding hydrogens is 516 g/mol. The van der Waals surface area contributed by atoms with E-state index in [1.807, 2.05) is 54.6 Å². The lowest BCUT2D eigenvalue weighted by molar-refractivity contribution is -0.183. The van der Waals surface area contributed by atoms with E-state index >= 15 is 0 Å². The maximum absolute atomic E-state index is 13.9. The van der Waals surface area contributed by atoms with Gasteiger partial charge in [0.15, 0.2) is 0 Å². The van der Waals surface area contributed by atoms with Gasteiger partial charge in [-0.3, -0.25) is 9.63 Å². The van der Waals surface area contributed by atoms with Crippen LogP contribution in [-0.4, -0.2) is 57.2 Å². The van der Waals surface area contributed by atoms with E-state index in [0.29, 0.717) is 23.2 Å². The maximum Gasteiger partial charge on any atom is 0.240 e. The van der Waals surface area contributed by atoms with Gasteiger partial charge in [-0.25, -0.2) is 0 Å². The molecule has 4 fully saturated rings. The minimum absolute atomic E-state index is 0.0833. The Bertz CT molecular complexity index is 1300. The summed E-state index contributed by atoms with van der Waals surface area (Å²) in [4.78, 5) is 20.0. The summed E-state index contributed by atoms with van der Waals surface area (Å²) in [6, 6.07) is 16.3. The maximum atomic E-state index is 13.9. The summed E-state index contributed by atoms with van der Waals surface area (Å²) in [6.45, 7) is 10.2. The number of carbonyl (C=O) groups excluding carboxylic acids is 1. The lowest BCUT2D eigenvalue weighted by Gasteiger charge is -2.62. The number of benzene rings is 2. The number of hydroxylamine groups is 2. The lowest BCUT2D eigenvalue weighted by atomic mass is 9.45. The molecule has 9 atom stereocenters. The standard InChI is InChI=1S/C34H44N2O5/c1-21-27-17-26(33(27,3)4)18-28(21)35-32(39)31-30(22(2)38)29(20-37)41-36(31)19-24-11-9-10-23(16-24)14-15-34(5,40)25-12-7-6-8-13-25/h6-13,16,21-22,26-31,37-38,40H,17-20H2,1-5H3,(H,35,39)/t21-,22+,26?,27?,28+,29+,30-,31+,34?/m1/s1. The van der Waals surface area contributed by atoms with E-state index in [-0.39, 0.29) is 25.1 Å². The first-order chi connectivity index (χ1) is 19.4. The molecule has 6 rings (SSSR count). The molecule has 3 aliphatic carbocycles. The quantitative estimate of drug-likeness (QED) is 0.386. The van der Waals surface area contributed by atoms with Gasteiger partial charge in [0, 0.05) is 17.5 Å². The highest BCUT2D eigenvalue weighted by Crippen LogP contribution is 2.61. The van der Waals surface area contributed by atoms with Gasteiger partial charge in [0.2, 0.25) is 5.91 Å². The smallest absolute Gasteiger partial charge is 0.240 e. The summed E-state index contributed by atoms with van der Waals surface area (Å²) >= 11 is 0. The number of hydrogen-bond donors (Lipinski definition) is 4. The van der Waals surface area contributed by atoms with Crippen molar-refractivity contribution in [3.8, 4) is 11.8 Å². The van der Waals surface area contributed by atoms with Gasteiger partial charge in [0.1, 0.15) is 17.7 Å². The normalized spacial score (nSPS) is 32.6. The Morgan fingerprint density at radius 1 is 1.20 bits per heavy atom. The second-order valence-electron chi connectivity index (χ2n) is 13.1. The Hall–Kier alpha value is -2.73. The van der Waals surface area contributed by atoms with Crippen LogP contribution in [0.5, 0.6) is 0 Å². The van der Waals surface area contributed by atoms with Crippen LogP contribution in [0, 0.1) is 40.9 Å². The Morgan fingerprint density at radius 3 is 2.56 bits per heavy atom. The Balaban J connectivity index is 1.34. The predicted octanol–water partition coefficient (Wildman–Crippen LogP) is 3.61. The van der Waals surface area contributed by atoms with Crippen molar-refractivity contribution in [3.63, 3.8) is 0 Å². The Kier molecular flexibility index (Phi) is 8.35. The Labute approximate surface area is 243 Å². The van der Waals surface area contributed by atoms with Crippen molar-refractivity contribution in [1.29, 1.82) is 0 Å². The molecule has 220 valence electrons. The van der Waals surface area contributed by atoms with Crippen molar-refractivity contribution in [2.75, 3.05) is 6.61 Å². The van der Waals surface area contributed by atoms with E-state index in [1.54, 1.807) is 18.9 Å². The molecule has 1 heterocycles. The highest BCUT2D eigenvalue weighted by atomic mass is 16.7. The third-order valence-electron chi connectivity index (χ3n) is 10.1. The van der Waals surface area contributed by atoms with Crippen LogP contribution in [0.15, 0.2) is 54.6 Å². The van der Waals surface area contributed by atoms with Crippen molar-refractivity contribution >= 4 is 5.91 Å². The van der Waals surface area contributed by atoms with E-state index in [0.717, 1.165) is 23.1 Å². The molecule has 2 bridgehead atoms. The highest BCUT2D eigenvalue weighted by molar-refractivity contribution is 5.82. The minimum Gasteiger partial charge on any atom is -0.394 e. The molecule has 1 amide bonds. The summed E-state index contributed by atoms with van der Waals surface area (Å²) in [5, 5.41) is 36.6. The van der Waals surface area contributed by atoms with E-state index in [9.17, 15) is 20.1 Å². The largest absolute Gasteiger partial charge is 0.394 e. The van der Waals surface area contributed by atoms with Crippen LogP contribution < -0.4 is 5.32 Å². The number of aliphatic hydroxyl groups excluding tert-OH is 2. The monoisotopic (exact) mass is 560 g/mol. The molecule has 7 heteroatoms. The molecule has 2 aromatic rings. The fraction of sp³-hybridized carbons (Fsp3) is 0.559. The van der Waals surface area contributed by atoms with Crippen molar-refractivity contribution in [2.24, 2.45) is 29.1 Å². The molecular formula is C34H44N2O5. The van der Waals surface area contributed by atoms with Gasteiger partial charge in [0.05, 0.1) is 19.3 Å². The zero-order chi connectivity index (χ0) is 29.5. The molecule has 0 spiro atoms. The molecule has 1 aliphatic heterocycles. The SMILES string of the molecule is C[C@H](O)[C@@H]1[C@H](CO)ON(Cc2cccc(C#CC(C)(O)c3ccccc3)c2)[C@@H]1C(=O)N[C@H]1CC2CC([C@H]1C)C2(C)C. The number of amides is 1. The number of nitrogens with zero attached hydrogens (tertiary/aromatic N) is 1. The van der Waals surface area contributed by atoms with Crippen molar-refractivity contribution in [3.05, 3.63) is 71.3 Å². The number of carbonyl (C=O) groups is 1. The summed E-state index contributed by atoms with van der Waals surface area (Å²) in [5.74, 6) is 6.88. The van der Waals surface area contributed by atoms with E-state index in [1.165, 1.54) is 6.42 Å². The molecule has 1 saturated heterocycles. The Morgan fingerprint density at radius 2 is 1.93 bits per heavy atom. The third kappa shape index (κ3) is 5.82. The second kappa shape index (κ2) is 11.5. The molecule has 3 saturated carbocycles. The molecule has 7 nitrogen and oxygen atoms in total. The van der Waals surface area contributed by atoms with E-state index in [4.69, 9.17) is 4.84 Å². The fourth-order valence-electron chi connectivity index (χ4n) is 7.44. The van der Waals surface area contributed by atoms with Crippen molar-refractivity contribution in [2.45, 2.75) is 83.9 Å². The number of rotatable bonds is 7. The van der Waals surface area contributed by atoms with Gasteiger partial charge in [-0.2, -0.15) is 5.06 Å². The van der Waals surface area contributed by atoms with Crippen LogP contribution in [0.3, 0.4) is 0 Å². The third-order valence-corrected chi connectivity index (χ3v) is 10.1. The summed E-state index contributed by atoms with van der Waals surface area (Å²) in [5.41, 5.74) is 1.32. The van der Waals surface area contributed by atoms with Crippen LogP contribution in [0.4, 0.5) is 0 Å².